The molecular weight excluding hydrogens is 362 g/mol. The van der Waals surface area contributed by atoms with Crippen LogP contribution in [0.4, 0.5) is 0 Å². The average molecular weight is 394 g/mol. The predicted molar refractivity (Wildman–Crippen MR) is 112 cm³/mol. The molecule has 1 aliphatic heterocycles. The number of furan rings is 1. The first-order valence-corrected chi connectivity index (χ1v) is 9.76. The molecule has 0 bridgehead atoms. The summed E-state index contributed by atoms with van der Waals surface area (Å²) < 4.78 is 5.87. The summed E-state index contributed by atoms with van der Waals surface area (Å²) in [6, 6.07) is 9.70. The number of para-hydroxylation sites is 1. The van der Waals surface area contributed by atoms with E-state index in [0.717, 1.165) is 42.3 Å². The van der Waals surface area contributed by atoms with Crippen LogP contribution in [0.5, 0.6) is 0 Å². The Morgan fingerprint density at radius 2 is 1.96 bits per heavy atom. The molecule has 2 atom stereocenters. The van der Waals surface area contributed by atoms with Gasteiger partial charge in [0.25, 0.3) is 0 Å². The number of hydrogen-bond donors (Lipinski definition) is 2. The standard InChI is InChI=1S/C21H31N3O2.ClH/c1-15(20-14-18-6-4-5-7-19(18)26-20)23-21(25)16(2)24-12-9-17(10-13-24)8-11-22-3;/h4-7,14-17,22H,8-13H2,1-3H3,(H,23,25);1H. The van der Waals surface area contributed by atoms with Gasteiger partial charge in [-0.25, -0.2) is 0 Å². The fraction of sp³-hybridized carbons (Fsp3) is 0.571. The van der Waals surface area contributed by atoms with Crippen LogP contribution in [-0.2, 0) is 4.79 Å². The number of hydrogen-bond acceptors (Lipinski definition) is 4. The van der Waals surface area contributed by atoms with Gasteiger partial charge in [-0.05, 0) is 77.8 Å². The molecule has 2 aromatic rings. The van der Waals surface area contributed by atoms with Crippen molar-refractivity contribution in [2.24, 2.45) is 5.92 Å². The third-order valence-electron chi connectivity index (χ3n) is 5.61. The van der Waals surface area contributed by atoms with Gasteiger partial charge in [-0.1, -0.05) is 18.2 Å². The Morgan fingerprint density at radius 1 is 1.26 bits per heavy atom. The van der Waals surface area contributed by atoms with Crippen LogP contribution in [0.15, 0.2) is 34.7 Å². The fourth-order valence-corrected chi connectivity index (χ4v) is 3.76. The van der Waals surface area contributed by atoms with E-state index in [1.54, 1.807) is 0 Å². The number of carbonyl (C=O) groups excluding carboxylic acids is 1. The van der Waals surface area contributed by atoms with Gasteiger partial charge in [0.05, 0.1) is 12.1 Å². The highest BCUT2D eigenvalue weighted by Gasteiger charge is 2.27. The van der Waals surface area contributed by atoms with E-state index in [-0.39, 0.29) is 30.4 Å². The second-order valence-corrected chi connectivity index (χ2v) is 7.46. The van der Waals surface area contributed by atoms with Crippen molar-refractivity contribution in [3.8, 4) is 0 Å². The first-order chi connectivity index (χ1) is 12.6. The maximum atomic E-state index is 12.7. The quantitative estimate of drug-likeness (QED) is 0.752. The zero-order valence-corrected chi connectivity index (χ0v) is 17.3. The molecule has 27 heavy (non-hydrogen) atoms. The van der Waals surface area contributed by atoms with E-state index in [2.05, 4.69) is 15.5 Å². The van der Waals surface area contributed by atoms with Gasteiger partial charge < -0.3 is 15.1 Å². The highest BCUT2D eigenvalue weighted by Crippen LogP contribution is 2.25. The number of fused-ring (bicyclic) bond motifs is 1. The maximum absolute atomic E-state index is 12.7. The fourth-order valence-electron chi connectivity index (χ4n) is 3.76. The minimum absolute atomic E-state index is 0. The molecule has 150 valence electrons. The van der Waals surface area contributed by atoms with E-state index >= 15 is 0 Å². The molecule has 1 fully saturated rings. The Labute approximate surface area is 168 Å². The van der Waals surface area contributed by atoms with Crippen LogP contribution in [0.3, 0.4) is 0 Å². The highest BCUT2D eigenvalue weighted by molar-refractivity contribution is 5.85. The van der Waals surface area contributed by atoms with E-state index in [1.165, 1.54) is 19.3 Å². The van der Waals surface area contributed by atoms with Crippen molar-refractivity contribution in [1.29, 1.82) is 0 Å². The van der Waals surface area contributed by atoms with Gasteiger partial charge in [0.2, 0.25) is 5.91 Å². The van der Waals surface area contributed by atoms with Crippen LogP contribution in [0.2, 0.25) is 0 Å². The van der Waals surface area contributed by atoms with Gasteiger partial charge in [0.1, 0.15) is 11.3 Å². The number of amides is 1. The zero-order chi connectivity index (χ0) is 18.5. The lowest BCUT2D eigenvalue weighted by Crippen LogP contribution is -2.48. The predicted octanol–water partition coefficient (Wildman–Crippen LogP) is 3.74. The summed E-state index contributed by atoms with van der Waals surface area (Å²) in [4.78, 5) is 15.0. The number of rotatable bonds is 7. The molecule has 2 N–H and O–H groups in total. The second-order valence-electron chi connectivity index (χ2n) is 7.46. The van der Waals surface area contributed by atoms with Gasteiger partial charge in [0, 0.05) is 5.39 Å². The van der Waals surface area contributed by atoms with Crippen LogP contribution in [0.1, 0.15) is 44.9 Å². The molecule has 0 spiro atoms. The zero-order valence-electron chi connectivity index (χ0n) is 16.5. The lowest BCUT2D eigenvalue weighted by atomic mass is 9.92. The summed E-state index contributed by atoms with van der Waals surface area (Å²) >= 11 is 0. The van der Waals surface area contributed by atoms with E-state index in [0.29, 0.717) is 0 Å². The molecule has 1 saturated heterocycles. The molecule has 0 aliphatic carbocycles. The minimum Gasteiger partial charge on any atom is -0.459 e. The van der Waals surface area contributed by atoms with Gasteiger partial charge in [-0.15, -0.1) is 12.4 Å². The van der Waals surface area contributed by atoms with Crippen LogP contribution < -0.4 is 10.6 Å². The van der Waals surface area contributed by atoms with Gasteiger partial charge in [-0.2, -0.15) is 0 Å². The number of piperidine rings is 1. The molecular formula is C21H32ClN3O2. The second kappa shape index (κ2) is 10.1. The molecule has 0 saturated carbocycles. The number of nitrogens with zero attached hydrogens (tertiary/aromatic N) is 1. The Hall–Kier alpha value is -1.56. The molecule has 1 aliphatic rings. The lowest BCUT2D eigenvalue weighted by molar-refractivity contribution is -0.127. The van der Waals surface area contributed by atoms with Gasteiger partial charge in [0.15, 0.2) is 0 Å². The monoisotopic (exact) mass is 393 g/mol. The highest BCUT2D eigenvalue weighted by atomic mass is 35.5. The van der Waals surface area contributed by atoms with Crippen molar-refractivity contribution < 1.29 is 9.21 Å². The average Bonchev–Trinajstić information content (AvgIpc) is 3.10. The molecule has 1 aromatic heterocycles. The third kappa shape index (κ3) is 5.47. The Morgan fingerprint density at radius 3 is 2.63 bits per heavy atom. The Balaban J connectivity index is 0.00000261. The number of nitrogens with one attached hydrogen (secondary N) is 2. The van der Waals surface area contributed by atoms with Crippen LogP contribution in [0.25, 0.3) is 11.0 Å². The van der Waals surface area contributed by atoms with E-state index < -0.39 is 0 Å². The van der Waals surface area contributed by atoms with E-state index in [4.69, 9.17) is 4.42 Å². The first-order valence-electron chi connectivity index (χ1n) is 9.76. The molecule has 3 rings (SSSR count). The summed E-state index contributed by atoms with van der Waals surface area (Å²) in [6.07, 6.45) is 3.59. The van der Waals surface area contributed by atoms with Crippen molar-refractivity contribution in [2.45, 2.75) is 45.2 Å². The van der Waals surface area contributed by atoms with E-state index in [1.807, 2.05) is 51.2 Å². The molecule has 0 radical (unpaired) electrons. The normalized spacial score (nSPS) is 18.0. The largest absolute Gasteiger partial charge is 0.459 e. The number of benzene rings is 1. The van der Waals surface area contributed by atoms with Crippen molar-refractivity contribution >= 4 is 29.3 Å². The van der Waals surface area contributed by atoms with Crippen molar-refractivity contribution in [2.75, 3.05) is 26.7 Å². The van der Waals surface area contributed by atoms with Crippen LogP contribution in [-0.4, -0.2) is 43.5 Å². The number of carbonyl (C=O) groups is 1. The number of halogens is 1. The van der Waals surface area contributed by atoms with Crippen LogP contribution in [0, 0.1) is 5.92 Å². The maximum Gasteiger partial charge on any atom is 0.237 e. The molecule has 2 unspecified atom stereocenters. The van der Waals surface area contributed by atoms with Crippen molar-refractivity contribution in [1.82, 2.24) is 15.5 Å². The molecule has 2 heterocycles. The summed E-state index contributed by atoms with van der Waals surface area (Å²) in [5, 5.41) is 7.41. The first kappa shape index (κ1) is 21.7. The Kier molecular flexibility index (Phi) is 8.14. The Bertz CT molecular complexity index is 692. The molecule has 1 aromatic carbocycles. The van der Waals surface area contributed by atoms with Gasteiger partial charge in [-0.3, -0.25) is 9.69 Å². The molecule has 1 amide bonds. The van der Waals surface area contributed by atoms with Crippen molar-refractivity contribution in [3.05, 3.63) is 36.1 Å². The van der Waals surface area contributed by atoms with Crippen LogP contribution >= 0.6 is 12.4 Å². The smallest absolute Gasteiger partial charge is 0.237 e. The lowest BCUT2D eigenvalue weighted by Gasteiger charge is -2.35. The summed E-state index contributed by atoms with van der Waals surface area (Å²) in [5.74, 6) is 1.66. The summed E-state index contributed by atoms with van der Waals surface area (Å²) in [5.41, 5.74) is 0.861. The molecule has 6 heteroatoms. The SMILES string of the molecule is CNCCC1CCN(C(C)C(=O)NC(C)c2cc3ccccc3o2)CC1.Cl. The topological polar surface area (TPSA) is 57.5 Å². The van der Waals surface area contributed by atoms with E-state index in [9.17, 15) is 4.79 Å². The minimum atomic E-state index is -0.134. The summed E-state index contributed by atoms with van der Waals surface area (Å²) in [6.45, 7) is 7.07. The van der Waals surface area contributed by atoms with Crippen molar-refractivity contribution in [3.63, 3.8) is 0 Å². The third-order valence-corrected chi connectivity index (χ3v) is 5.61. The number of likely N-dealkylation sites (tertiary alicyclic amines) is 1. The van der Waals surface area contributed by atoms with Gasteiger partial charge >= 0.3 is 0 Å². The molecule has 5 nitrogen and oxygen atoms in total. The summed E-state index contributed by atoms with van der Waals surface area (Å²) in [7, 11) is 2.00.